The fourth-order valence-electron chi connectivity index (χ4n) is 2.84. The minimum Gasteiger partial charge on any atom is -0.447 e. The molecule has 5 nitrogen and oxygen atoms in total. The van der Waals surface area contributed by atoms with E-state index in [1.54, 1.807) is 0 Å². The molecule has 2 atom stereocenters. The molecule has 1 aliphatic heterocycles. The minimum atomic E-state index is -1.83. The lowest BCUT2D eigenvalue weighted by Gasteiger charge is -2.36. The van der Waals surface area contributed by atoms with E-state index in [-0.39, 0.29) is 29.5 Å². The first-order valence-corrected chi connectivity index (χ1v) is 12.6. The molecule has 2 unspecified atom stereocenters. The van der Waals surface area contributed by atoms with Crippen molar-refractivity contribution >= 4 is 20.3 Å². The zero-order valence-electron chi connectivity index (χ0n) is 17.5. The van der Waals surface area contributed by atoms with Crippen molar-refractivity contribution in [2.24, 2.45) is 5.92 Å². The zero-order chi connectivity index (χ0) is 20.2. The van der Waals surface area contributed by atoms with Crippen molar-refractivity contribution in [3.63, 3.8) is 0 Å². The lowest BCUT2D eigenvalue weighted by atomic mass is 10.0. The summed E-state index contributed by atoms with van der Waals surface area (Å²) in [6, 6.07) is 9.63. The van der Waals surface area contributed by atoms with Crippen LogP contribution in [0, 0.1) is 5.92 Å². The van der Waals surface area contributed by atoms with Crippen LogP contribution in [0.3, 0.4) is 0 Å². The number of nitrogens with zero attached hydrogens (tertiary/aromatic N) is 1. The first kappa shape index (κ1) is 21.6. The number of rotatable bonds is 7. The lowest BCUT2D eigenvalue weighted by Crippen LogP contribution is -2.44. The van der Waals surface area contributed by atoms with Crippen molar-refractivity contribution in [2.45, 2.75) is 64.7 Å². The third-order valence-corrected chi connectivity index (χ3v) is 10.3. The van der Waals surface area contributed by atoms with Crippen LogP contribution in [0.4, 0.5) is 4.79 Å². The molecule has 0 bridgehead atoms. The van der Waals surface area contributed by atoms with Crippen LogP contribution in [0.2, 0.25) is 18.1 Å². The molecule has 1 aliphatic rings. The Balaban J connectivity index is 1.94. The van der Waals surface area contributed by atoms with Gasteiger partial charge in [-0.1, -0.05) is 58.0 Å². The van der Waals surface area contributed by atoms with Crippen LogP contribution >= 0.6 is 0 Å². The van der Waals surface area contributed by atoms with Gasteiger partial charge < -0.3 is 9.16 Å². The second kappa shape index (κ2) is 8.57. The average Bonchev–Trinajstić information content (AvgIpc) is 2.94. The molecule has 0 aliphatic carbocycles. The molecule has 1 fully saturated rings. The van der Waals surface area contributed by atoms with Crippen LogP contribution in [-0.2, 0) is 20.4 Å². The van der Waals surface area contributed by atoms with E-state index >= 15 is 0 Å². The predicted molar refractivity (Wildman–Crippen MR) is 109 cm³/mol. The van der Waals surface area contributed by atoms with Crippen molar-refractivity contribution < 1.29 is 18.8 Å². The van der Waals surface area contributed by atoms with Gasteiger partial charge in [0.25, 0.3) is 0 Å². The summed E-state index contributed by atoms with van der Waals surface area (Å²) < 4.78 is 11.3. The molecule has 27 heavy (non-hydrogen) atoms. The van der Waals surface area contributed by atoms with Gasteiger partial charge in [-0.3, -0.25) is 4.79 Å². The first-order valence-electron chi connectivity index (χ1n) is 9.70. The van der Waals surface area contributed by atoms with Gasteiger partial charge in [0.05, 0.1) is 6.04 Å². The summed E-state index contributed by atoms with van der Waals surface area (Å²) in [5.74, 6) is -0.448. The van der Waals surface area contributed by atoms with Gasteiger partial charge in [-0.2, -0.15) is 0 Å². The highest BCUT2D eigenvalue weighted by Crippen LogP contribution is 2.36. The quantitative estimate of drug-likeness (QED) is 0.636. The van der Waals surface area contributed by atoms with Crippen molar-refractivity contribution in [1.82, 2.24) is 4.90 Å². The molecule has 2 rings (SSSR count). The van der Waals surface area contributed by atoms with E-state index in [2.05, 4.69) is 33.9 Å². The number of hydrogen-bond acceptors (Lipinski definition) is 4. The highest BCUT2D eigenvalue weighted by atomic mass is 28.4. The smallest absolute Gasteiger partial charge is 0.416 e. The highest BCUT2D eigenvalue weighted by molar-refractivity contribution is 6.74. The summed E-state index contributed by atoms with van der Waals surface area (Å²) in [4.78, 5) is 26.3. The Morgan fingerprint density at radius 1 is 1.30 bits per heavy atom. The van der Waals surface area contributed by atoms with Crippen molar-refractivity contribution in [2.75, 3.05) is 13.2 Å². The van der Waals surface area contributed by atoms with Crippen molar-refractivity contribution in [3.8, 4) is 0 Å². The summed E-state index contributed by atoms with van der Waals surface area (Å²) >= 11 is 0. The van der Waals surface area contributed by atoms with E-state index in [1.165, 1.54) is 4.90 Å². The summed E-state index contributed by atoms with van der Waals surface area (Å²) in [7, 11) is -1.83. The fourth-order valence-corrected chi connectivity index (χ4v) is 3.90. The molecule has 1 aromatic rings. The Morgan fingerprint density at radius 3 is 2.52 bits per heavy atom. The number of amides is 2. The summed E-state index contributed by atoms with van der Waals surface area (Å²) in [5.41, 5.74) is 1.09. The molecule has 1 aromatic carbocycles. The van der Waals surface area contributed by atoms with Gasteiger partial charge in [0.15, 0.2) is 8.32 Å². The molecule has 0 aromatic heterocycles. The number of imide groups is 1. The van der Waals surface area contributed by atoms with Gasteiger partial charge in [-0.05, 0) is 36.5 Å². The number of hydrogen-bond donors (Lipinski definition) is 0. The van der Waals surface area contributed by atoms with E-state index in [0.29, 0.717) is 19.4 Å². The highest BCUT2D eigenvalue weighted by Gasteiger charge is 2.40. The van der Waals surface area contributed by atoms with Gasteiger partial charge in [0.2, 0.25) is 5.91 Å². The van der Waals surface area contributed by atoms with Gasteiger partial charge in [-0.15, -0.1) is 0 Å². The number of ether oxygens (including phenoxy) is 1. The summed E-state index contributed by atoms with van der Waals surface area (Å²) in [5, 5.41) is 0.139. The van der Waals surface area contributed by atoms with Gasteiger partial charge in [0, 0.05) is 12.5 Å². The van der Waals surface area contributed by atoms with E-state index in [1.807, 2.05) is 37.3 Å². The number of cyclic esters (lactones) is 1. The third-order valence-electron chi connectivity index (χ3n) is 5.75. The Morgan fingerprint density at radius 2 is 1.93 bits per heavy atom. The predicted octanol–water partition coefficient (Wildman–Crippen LogP) is 4.62. The van der Waals surface area contributed by atoms with E-state index in [0.717, 1.165) is 5.56 Å². The van der Waals surface area contributed by atoms with Crippen molar-refractivity contribution in [1.29, 1.82) is 0 Å². The molecule has 150 valence electrons. The van der Waals surface area contributed by atoms with Gasteiger partial charge >= 0.3 is 6.09 Å². The lowest BCUT2D eigenvalue weighted by molar-refractivity contribution is -0.133. The monoisotopic (exact) mass is 391 g/mol. The third kappa shape index (κ3) is 5.42. The molecule has 0 spiro atoms. The average molecular weight is 392 g/mol. The summed E-state index contributed by atoms with van der Waals surface area (Å²) in [6.45, 7) is 13.7. The molecule has 0 radical (unpaired) electrons. The van der Waals surface area contributed by atoms with E-state index in [9.17, 15) is 9.59 Å². The molecule has 1 heterocycles. The van der Waals surface area contributed by atoms with E-state index < -0.39 is 14.4 Å². The molecule has 0 saturated carbocycles. The largest absolute Gasteiger partial charge is 0.447 e. The molecule has 1 saturated heterocycles. The second-order valence-corrected chi connectivity index (χ2v) is 13.7. The van der Waals surface area contributed by atoms with Crippen LogP contribution in [0.1, 0.15) is 39.7 Å². The number of carbonyl (C=O) groups excluding carboxylic acids is 2. The Kier molecular flexibility index (Phi) is 6.86. The fraction of sp³-hybridized carbons (Fsp3) is 0.619. The van der Waals surface area contributed by atoms with Crippen LogP contribution < -0.4 is 0 Å². The maximum Gasteiger partial charge on any atom is 0.416 e. The van der Waals surface area contributed by atoms with E-state index in [4.69, 9.17) is 9.16 Å². The molecular weight excluding hydrogens is 358 g/mol. The number of carbonyl (C=O) groups is 2. The van der Waals surface area contributed by atoms with Crippen LogP contribution in [0.25, 0.3) is 0 Å². The number of benzene rings is 1. The first-order chi connectivity index (χ1) is 12.5. The Hall–Kier alpha value is -1.66. The minimum absolute atomic E-state index is 0.139. The van der Waals surface area contributed by atoms with Crippen molar-refractivity contribution in [3.05, 3.63) is 35.9 Å². The Bertz CT molecular complexity index is 654. The van der Waals surface area contributed by atoms with Gasteiger partial charge in [0.1, 0.15) is 6.61 Å². The standard InChI is InChI=1S/C21H33NO4Si/c1-16(12-13-26-27(5,6)21(2,3)4)19(23)22-18(15-25-20(22)24)14-17-10-8-7-9-11-17/h7-11,16,18H,12-15H2,1-6H3. The molecule has 0 N–H and O–H groups in total. The molecular formula is C21H33NO4Si. The van der Waals surface area contributed by atoms with Gasteiger partial charge in [-0.25, -0.2) is 9.69 Å². The Labute approximate surface area is 164 Å². The molecule has 6 heteroatoms. The van der Waals surface area contributed by atoms with Crippen LogP contribution in [-0.4, -0.2) is 44.5 Å². The maximum atomic E-state index is 12.9. The zero-order valence-corrected chi connectivity index (χ0v) is 18.5. The van der Waals surface area contributed by atoms with Crippen LogP contribution in [0.5, 0.6) is 0 Å². The summed E-state index contributed by atoms with van der Waals surface area (Å²) in [6.07, 6.45) is 0.691. The maximum absolute atomic E-state index is 12.9. The SMILES string of the molecule is CC(CCO[Si](C)(C)C(C)(C)C)C(=O)N1C(=O)OCC1Cc1ccccc1. The topological polar surface area (TPSA) is 55.8 Å². The molecule has 2 amide bonds. The normalized spacial score (nSPS) is 19.1. The second-order valence-electron chi connectivity index (χ2n) is 8.93. The van der Waals surface area contributed by atoms with Crippen LogP contribution in [0.15, 0.2) is 30.3 Å².